The number of carbonyl (C=O) groups excluding carboxylic acids is 1. The highest BCUT2D eigenvalue weighted by Gasteiger charge is 2.13. The summed E-state index contributed by atoms with van der Waals surface area (Å²) < 4.78 is 6.00. The zero-order valence-electron chi connectivity index (χ0n) is 16.8. The number of ether oxygens (including phenoxy) is 1. The average Bonchev–Trinajstić information content (AvgIpc) is 2.67. The van der Waals surface area contributed by atoms with Gasteiger partial charge in [0.05, 0.1) is 5.56 Å². The van der Waals surface area contributed by atoms with E-state index in [0.717, 1.165) is 17.1 Å². The standard InChI is InChI=1S/C24H25ClN2O2/c1-24(2,3)17-7-10-19(11-8-17)29-20-6-4-5-16(13-20)15-27-22-12-9-18(25)14-21(22)23(26)28/h4-14,27H,15H2,1-3H3,(H2,26,28). The summed E-state index contributed by atoms with van der Waals surface area (Å²) >= 11 is 5.96. The number of primary amides is 1. The highest BCUT2D eigenvalue weighted by atomic mass is 35.5. The summed E-state index contributed by atoms with van der Waals surface area (Å²) in [6, 6.07) is 21.0. The lowest BCUT2D eigenvalue weighted by atomic mass is 9.87. The molecule has 3 aromatic rings. The van der Waals surface area contributed by atoms with Crippen molar-refractivity contribution < 1.29 is 9.53 Å². The van der Waals surface area contributed by atoms with Gasteiger partial charge < -0.3 is 15.8 Å². The van der Waals surface area contributed by atoms with Gasteiger partial charge in [-0.05, 0) is 59.0 Å². The molecule has 3 N–H and O–H groups in total. The Balaban J connectivity index is 1.70. The van der Waals surface area contributed by atoms with E-state index in [1.165, 1.54) is 5.56 Å². The number of hydrogen-bond acceptors (Lipinski definition) is 3. The molecule has 3 rings (SSSR count). The van der Waals surface area contributed by atoms with Crippen LogP contribution in [0.2, 0.25) is 5.02 Å². The molecule has 0 spiro atoms. The van der Waals surface area contributed by atoms with E-state index in [0.29, 0.717) is 22.8 Å². The van der Waals surface area contributed by atoms with Crippen molar-refractivity contribution in [3.63, 3.8) is 0 Å². The monoisotopic (exact) mass is 408 g/mol. The number of benzene rings is 3. The third kappa shape index (κ3) is 5.52. The molecule has 4 nitrogen and oxygen atoms in total. The molecule has 29 heavy (non-hydrogen) atoms. The van der Waals surface area contributed by atoms with Gasteiger partial charge in [-0.3, -0.25) is 4.79 Å². The fraction of sp³-hybridized carbons (Fsp3) is 0.208. The van der Waals surface area contributed by atoms with Crippen molar-refractivity contribution >= 4 is 23.2 Å². The molecule has 3 aromatic carbocycles. The van der Waals surface area contributed by atoms with Gasteiger partial charge in [0.25, 0.3) is 5.91 Å². The third-order valence-corrected chi connectivity index (χ3v) is 4.82. The minimum absolute atomic E-state index is 0.107. The number of carbonyl (C=O) groups is 1. The lowest BCUT2D eigenvalue weighted by molar-refractivity contribution is 0.100. The van der Waals surface area contributed by atoms with Crippen LogP contribution in [0.3, 0.4) is 0 Å². The molecule has 0 fully saturated rings. The Labute approximate surface area is 176 Å². The Morgan fingerprint density at radius 2 is 1.72 bits per heavy atom. The highest BCUT2D eigenvalue weighted by molar-refractivity contribution is 6.31. The van der Waals surface area contributed by atoms with Gasteiger partial charge in [-0.1, -0.05) is 56.6 Å². The minimum atomic E-state index is -0.522. The molecule has 0 unspecified atom stereocenters. The maximum absolute atomic E-state index is 11.6. The Kier molecular flexibility index (Phi) is 6.14. The third-order valence-electron chi connectivity index (χ3n) is 4.58. The van der Waals surface area contributed by atoms with Gasteiger partial charge in [0, 0.05) is 17.3 Å². The summed E-state index contributed by atoms with van der Waals surface area (Å²) in [4.78, 5) is 11.6. The maximum Gasteiger partial charge on any atom is 0.250 e. The van der Waals surface area contributed by atoms with Crippen molar-refractivity contribution in [2.75, 3.05) is 5.32 Å². The molecule has 0 aromatic heterocycles. The van der Waals surface area contributed by atoms with E-state index in [1.807, 2.05) is 36.4 Å². The van der Waals surface area contributed by atoms with Crippen molar-refractivity contribution in [1.29, 1.82) is 0 Å². The van der Waals surface area contributed by atoms with Gasteiger partial charge in [0.15, 0.2) is 0 Å². The summed E-state index contributed by atoms with van der Waals surface area (Å²) in [6.45, 7) is 7.07. The number of rotatable bonds is 6. The first-order valence-corrected chi connectivity index (χ1v) is 9.81. The maximum atomic E-state index is 11.6. The van der Waals surface area contributed by atoms with Crippen LogP contribution in [0.5, 0.6) is 11.5 Å². The lowest BCUT2D eigenvalue weighted by Gasteiger charge is -2.19. The molecule has 0 aliphatic carbocycles. The summed E-state index contributed by atoms with van der Waals surface area (Å²) in [5.74, 6) is 1.02. The van der Waals surface area contributed by atoms with E-state index in [-0.39, 0.29) is 5.41 Å². The summed E-state index contributed by atoms with van der Waals surface area (Å²) in [5, 5.41) is 3.71. The number of halogens is 1. The zero-order chi connectivity index (χ0) is 21.0. The van der Waals surface area contributed by atoms with Crippen LogP contribution in [0.1, 0.15) is 42.3 Å². The number of hydrogen-bond donors (Lipinski definition) is 2. The highest BCUT2D eigenvalue weighted by Crippen LogP contribution is 2.28. The quantitative estimate of drug-likeness (QED) is 0.514. The lowest BCUT2D eigenvalue weighted by Crippen LogP contribution is -2.14. The molecular formula is C24H25ClN2O2. The van der Waals surface area contributed by atoms with Crippen LogP contribution in [-0.4, -0.2) is 5.91 Å². The molecule has 0 radical (unpaired) electrons. The Morgan fingerprint density at radius 1 is 1.00 bits per heavy atom. The fourth-order valence-electron chi connectivity index (χ4n) is 2.95. The molecule has 0 atom stereocenters. The van der Waals surface area contributed by atoms with Crippen molar-refractivity contribution in [1.82, 2.24) is 0 Å². The Morgan fingerprint density at radius 3 is 2.38 bits per heavy atom. The summed E-state index contributed by atoms with van der Waals surface area (Å²) in [6.07, 6.45) is 0. The van der Waals surface area contributed by atoms with E-state index in [1.54, 1.807) is 18.2 Å². The van der Waals surface area contributed by atoms with E-state index >= 15 is 0 Å². The molecule has 0 saturated carbocycles. The van der Waals surface area contributed by atoms with Crippen molar-refractivity contribution in [2.24, 2.45) is 5.73 Å². The fourth-order valence-corrected chi connectivity index (χ4v) is 3.12. The zero-order valence-corrected chi connectivity index (χ0v) is 17.6. The van der Waals surface area contributed by atoms with Crippen molar-refractivity contribution in [3.8, 4) is 11.5 Å². The minimum Gasteiger partial charge on any atom is -0.457 e. The smallest absolute Gasteiger partial charge is 0.250 e. The van der Waals surface area contributed by atoms with E-state index in [2.05, 4.69) is 38.2 Å². The number of nitrogens with two attached hydrogens (primary N) is 1. The predicted octanol–water partition coefficient (Wildman–Crippen LogP) is 6.14. The molecule has 0 heterocycles. The van der Waals surface area contributed by atoms with E-state index in [4.69, 9.17) is 22.1 Å². The molecule has 0 aliphatic heterocycles. The second-order valence-corrected chi connectivity index (χ2v) is 8.37. The molecular weight excluding hydrogens is 384 g/mol. The summed E-state index contributed by atoms with van der Waals surface area (Å²) in [7, 11) is 0. The van der Waals surface area contributed by atoms with Gasteiger partial charge in [0.1, 0.15) is 11.5 Å². The average molecular weight is 409 g/mol. The molecule has 5 heteroatoms. The largest absolute Gasteiger partial charge is 0.457 e. The Bertz CT molecular complexity index is 1010. The van der Waals surface area contributed by atoms with Crippen LogP contribution in [0, 0.1) is 0 Å². The van der Waals surface area contributed by atoms with E-state index in [9.17, 15) is 4.79 Å². The first kappa shape index (κ1) is 20.7. The number of amides is 1. The molecule has 0 saturated heterocycles. The SMILES string of the molecule is CC(C)(C)c1ccc(Oc2cccc(CNc3ccc(Cl)cc3C(N)=O)c2)cc1. The van der Waals surface area contributed by atoms with Gasteiger partial charge in [0.2, 0.25) is 0 Å². The Hall–Kier alpha value is -2.98. The van der Waals surface area contributed by atoms with Crippen LogP contribution < -0.4 is 15.8 Å². The van der Waals surface area contributed by atoms with Gasteiger partial charge in [-0.25, -0.2) is 0 Å². The van der Waals surface area contributed by atoms with Gasteiger partial charge >= 0.3 is 0 Å². The van der Waals surface area contributed by atoms with Crippen LogP contribution in [0.15, 0.2) is 66.7 Å². The first-order valence-electron chi connectivity index (χ1n) is 9.43. The molecule has 1 amide bonds. The normalized spacial score (nSPS) is 11.2. The number of anilines is 1. The molecule has 0 bridgehead atoms. The van der Waals surface area contributed by atoms with Crippen LogP contribution >= 0.6 is 11.6 Å². The van der Waals surface area contributed by atoms with E-state index < -0.39 is 5.91 Å². The van der Waals surface area contributed by atoms with Crippen LogP contribution in [-0.2, 0) is 12.0 Å². The first-order chi connectivity index (χ1) is 13.7. The van der Waals surface area contributed by atoms with Gasteiger partial charge in [-0.2, -0.15) is 0 Å². The van der Waals surface area contributed by atoms with Gasteiger partial charge in [-0.15, -0.1) is 0 Å². The van der Waals surface area contributed by atoms with Crippen LogP contribution in [0.4, 0.5) is 5.69 Å². The molecule has 0 aliphatic rings. The predicted molar refractivity (Wildman–Crippen MR) is 119 cm³/mol. The topological polar surface area (TPSA) is 64.3 Å². The second kappa shape index (κ2) is 8.58. The van der Waals surface area contributed by atoms with Crippen molar-refractivity contribution in [3.05, 3.63) is 88.4 Å². The van der Waals surface area contributed by atoms with Crippen LogP contribution in [0.25, 0.3) is 0 Å². The second-order valence-electron chi connectivity index (χ2n) is 7.93. The molecule has 150 valence electrons. The summed E-state index contributed by atoms with van der Waals surface area (Å²) in [5.41, 5.74) is 8.83. The number of nitrogens with one attached hydrogen (secondary N) is 1. The van der Waals surface area contributed by atoms with Crippen molar-refractivity contribution in [2.45, 2.75) is 32.7 Å².